The van der Waals surface area contributed by atoms with E-state index in [2.05, 4.69) is 19.9 Å². The maximum absolute atomic E-state index is 11.1. The quantitative estimate of drug-likeness (QED) is 0.423. The molecule has 13 heavy (non-hydrogen) atoms. The fourth-order valence-electron chi connectivity index (χ4n) is 2.44. The topological polar surface area (TPSA) is 26.3 Å². The fraction of sp³-hybridized carbons (Fsp3) is 0.727. The van der Waals surface area contributed by atoms with E-state index in [-0.39, 0.29) is 11.6 Å². The highest BCUT2D eigenvalue weighted by atomic mass is 16.6. The van der Waals surface area contributed by atoms with Crippen LogP contribution in [-0.4, -0.2) is 11.6 Å². The summed E-state index contributed by atoms with van der Waals surface area (Å²) in [5.41, 5.74) is 1.29. The lowest BCUT2D eigenvalue weighted by Crippen LogP contribution is -2.37. The molecule has 0 saturated carbocycles. The third kappa shape index (κ3) is 1.38. The molecule has 1 spiro atoms. The van der Waals surface area contributed by atoms with Crippen LogP contribution in [0, 0.1) is 5.92 Å². The number of rotatable bonds is 0. The molecule has 1 heterocycles. The van der Waals surface area contributed by atoms with Gasteiger partial charge in [-0.15, -0.1) is 0 Å². The van der Waals surface area contributed by atoms with E-state index in [1.165, 1.54) is 5.57 Å². The van der Waals surface area contributed by atoms with Gasteiger partial charge in [-0.05, 0) is 26.2 Å². The van der Waals surface area contributed by atoms with E-state index < -0.39 is 0 Å². The molecule has 0 N–H and O–H groups in total. The van der Waals surface area contributed by atoms with Crippen molar-refractivity contribution in [3.63, 3.8) is 0 Å². The van der Waals surface area contributed by atoms with Gasteiger partial charge in [0.15, 0.2) is 0 Å². The third-order valence-corrected chi connectivity index (χ3v) is 3.38. The molecule has 1 saturated heterocycles. The van der Waals surface area contributed by atoms with Crippen LogP contribution in [0.1, 0.15) is 39.5 Å². The summed E-state index contributed by atoms with van der Waals surface area (Å²) < 4.78 is 5.47. The molecule has 0 aromatic rings. The van der Waals surface area contributed by atoms with Crippen molar-refractivity contribution >= 4 is 5.97 Å². The average molecular weight is 180 g/mol. The highest BCUT2D eigenvalue weighted by Gasteiger charge is 2.45. The lowest BCUT2D eigenvalue weighted by Gasteiger charge is -2.36. The normalized spacial score (nSPS) is 39.1. The Labute approximate surface area is 79.0 Å². The number of allylic oxidation sites excluding steroid dienone is 1. The Bertz CT molecular complexity index is 267. The van der Waals surface area contributed by atoms with Crippen LogP contribution in [0.5, 0.6) is 0 Å². The van der Waals surface area contributed by atoms with E-state index >= 15 is 0 Å². The number of hydrogen-bond acceptors (Lipinski definition) is 2. The van der Waals surface area contributed by atoms with Crippen molar-refractivity contribution in [3.05, 3.63) is 11.6 Å². The molecular weight excluding hydrogens is 164 g/mol. The summed E-state index contributed by atoms with van der Waals surface area (Å²) in [5.74, 6) is 0.382. The second-order valence-electron chi connectivity index (χ2n) is 4.34. The average Bonchev–Trinajstić information content (AvgIpc) is 2.43. The molecule has 2 heteroatoms. The molecule has 2 rings (SSSR count). The molecule has 1 fully saturated rings. The number of ether oxygens (including phenoxy) is 1. The Balaban J connectivity index is 2.21. The number of carbonyl (C=O) groups excluding carboxylic acids is 1. The summed E-state index contributed by atoms with van der Waals surface area (Å²) in [6.45, 7) is 4.31. The van der Waals surface area contributed by atoms with Crippen molar-refractivity contribution in [1.29, 1.82) is 0 Å². The molecule has 0 amide bonds. The van der Waals surface area contributed by atoms with Gasteiger partial charge in [-0.3, -0.25) is 4.79 Å². The molecule has 2 aliphatic rings. The molecule has 2 nitrogen and oxygen atoms in total. The van der Waals surface area contributed by atoms with Crippen LogP contribution in [0.25, 0.3) is 0 Å². The van der Waals surface area contributed by atoms with Gasteiger partial charge in [-0.25, -0.2) is 0 Å². The Morgan fingerprint density at radius 2 is 2.15 bits per heavy atom. The first kappa shape index (κ1) is 8.79. The lowest BCUT2D eigenvalue weighted by molar-refractivity contribution is -0.152. The SMILES string of the molecule is CC1=CC(C)C2(CCC(=O)O2)CC1. The summed E-state index contributed by atoms with van der Waals surface area (Å²) >= 11 is 0. The van der Waals surface area contributed by atoms with Gasteiger partial charge in [0, 0.05) is 12.3 Å². The highest BCUT2D eigenvalue weighted by molar-refractivity contribution is 5.72. The predicted octanol–water partition coefficient (Wildman–Crippen LogP) is 2.44. The van der Waals surface area contributed by atoms with Gasteiger partial charge >= 0.3 is 5.97 Å². The number of esters is 1. The Kier molecular flexibility index (Phi) is 1.94. The minimum absolute atomic E-state index is 0.0141. The number of carbonyl (C=O) groups is 1. The molecule has 0 aromatic carbocycles. The van der Waals surface area contributed by atoms with Crippen LogP contribution in [0.4, 0.5) is 0 Å². The summed E-state index contributed by atoms with van der Waals surface area (Å²) in [6.07, 6.45) is 5.87. The molecule has 2 unspecified atom stereocenters. The van der Waals surface area contributed by atoms with E-state index in [1.807, 2.05) is 0 Å². The third-order valence-electron chi connectivity index (χ3n) is 3.38. The van der Waals surface area contributed by atoms with E-state index in [9.17, 15) is 4.79 Å². The Hall–Kier alpha value is -0.790. The summed E-state index contributed by atoms with van der Waals surface area (Å²) in [6, 6.07) is 0. The van der Waals surface area contributed by atoms with Gasteiger partial charge in [0.2, 0.25) is 0 Å². The minimum atomic E-state index is -0.142. The van der Waals surface area contributed by atoms with Crippen molar-refractivity contribution in [2.24, 2.45) is 5.92 Å². The van der Waals surface area contributed by atoms with Crippen LogP contribution in [0.3, 0.4) is 0 Å². The van der Waals surface area contributed by atoms with Crippen LogP contribution in [-0.2, 0) is 9.53 Å². The van der Waals surface area contributed by atoms with Crippen LogP contribution in [0.2, 0.25) is 0 Å². The van der Waals surface area contributed by atoms with E-state index in [1.54, 1.807) is 0 Å². The maximum Gasteiger partial charge on any atom is 0.306 e. The Morgan fingerprint density at radius 3 is 2.69 bits per heavy atom. The molecule has 72 valence electrons. The molecule has 0 radical (unpaired) electrons. The summed E-state index contributed by atoms with van der Waals surface area (Å²) in [4.78, 5) is 11.1. The van der Waals surface area contributed by atoms with Crippen LogP contribution >= 0.6 is 0 Å². The highest BCUT2D eigenvalue weighted by Crippen LogP contribution is 2.42. The van der Waals surface area contributed by atoms with Crippen molar-refractivity contribution in [2.75, 3.05) is 0 Å². The maximum atomic E-state index is 11.1. The zero-order valence-electron chi connectivity index (χ0n) is 8.30. The second kappa shape index (κ2) is 2.86. The molecule has 0 aromatic heterocycles. The van der Waals surface area contributed by atoms with Crippen molar-refractivity contribution in [2.45, 2.75) is 45.1 Å². The first-order valence-corrected chi connectivity index (χ1v) is 5.01. The van der Waals surface area contributed by atoms with Gasteiger partial charge in [-0.1, -0.05) is 18.6 Å². The first-order valence-electron chi connectivity index (χ1n) is 5.01. The molecular formula is C11H16O2. The first-order chi connectivity index (χ1) is 6.12. The van der Waals surface area contributed by atoms with Crippen molar-refractivity contribution in [3.8, 4) is 0 Å². The molecule has 1 aliphatic carbocycles. The number of hydrogen-bond donors (Lipinski definition) is 0. The fourth-order valence-corrected chi connectivity index (χ4v) is 2.44. The van der Waals surface area contributed by atoms with Gasteiger partial charge in [-0.2, -0.15) is 0 Å². The second-order valence-corrected chi connectivity index (χ2v) is 4.34. The molecule has 1 aliphatic heterocycles. The van der Waals surface area contributed by atoms with Gasteiger partial charge in [0.25, 0.3) is 0 Å². The standard InChI is InChI=1S/C11H16O2/c1-8-3-5-11(9(2)7-8)6-4-10(12)13-11/h7,9H,3-6H2,1-2H3. The van der Waals surface area contributed by atoms with Gasteiger partial charge in [0.05, 0.1) is 0 Å². The minimum Gasteiger partial charge on any atom is -0.458 e. The zero-order chi connectivity index (χ0) is 9.47. The van der Waals surface area contributed by atoms with E-state index in [0.29, 0.717) is 12.3 Å². The van der Waals surface area contributed by atoms with E-state index in [0.717, 1.165) is 19.3 Å². The summed E-state index contributed by atoms with van der Waals surface area (Å²) in [7, 11) is 0. The predicted molar refractivity (Wildman–Crippen MR) is 50.2 cm³/mol. The smallest absolute Gasteiger partial charge is 0.306 e. The molecule has 2 atom stereocenters. The monoisotopic (exact) mass is 180 g/mol. The van der Waals surface area contributed by atoms with E-state index in [4.69, 9.17) is 4.74 Å². The molecule has 0 bridgehead atoms. The lowest BCUT2D eigenvalue weighted by atomic mass is 9.76. The van der Waals surface area contributed by atoms with Crippen LogP contribution in [0.15, 0.2) is 11.6 Å². The zero-order valence-corrected chi connectivity index (χ0v) is 8.30. The Morgan fingerprint density at radius 1 is 1.46 bits per heavy atom. The van der Waals surface area contributed by atoms with Crippen molar-refractivity contribution in [1.82, 2.24) is 0 Å². The van der Waals surface area contributed by atoms with Gasteiger partial charge in [0.1, 0.15) is 5.60 Å². The van der Waals surface area contributed by atoms with Crippen LogP contribution < -0.4 is 0 Å². The summed E-state index contributed by atoms with van der Waals surface area (Å²) in [5, 5.41) is 0. The van der Waals surface area contributed by atoms with Gasteiger partial charge < -0.3 is 4.74 Å². The van der Waals surface area contributed by atoms with Crippen molar-refractivity contribution < 1.29 is 9.53 Å². The largest absolute Gasteiger partial charge is 0.458 e.